The minimum Gasteiger partial charge on any atom is -0.460 e. The highest BCUT2D eigenvalue weighted by molar-refractivity contribution is 9.10. The number of nitrogens with zero attached hydrogens (tertiary/aromatic N) is 1. The van der Waals surface area contributed by atoms with Gasteiger partial charge in [-0.15, -0.1) is 0 Å². The Kier molecular flexibility index (Phi) is 3.76. The van der Waals surface area contributed by atoms with Crippen molar-refractivity contribution in [1.29, 1.82) is 0 Å². The molecule has 0 radical (unpaired) electrons. The van der Waals surface area contributed by atoms with Gasteiger partial charge < -0.3 is 4.74 Å². The van der Waals surface area contributed by atoms with Crippen LogP contribution < -0.4 is 0 Å². The number of carbonyl (C=O) groups excluding carboxylic acids is 2. The number of hydrogen-bond acceptors (Lipinski definition) is 4. The molecule has 0 bridgehead atoms. The summed E-state index contributed by atoms with van der Waals surface area (Å²) in [5, 5.41) is 0. The lowest BCUT2D eigenvalue weighted by Gasteiger charge is -2.00. The number of esters is 1. The first-order chi connectivity index (χ1) is 6.65. The third-order valence-corrected chi connectivity index (χ3v) is 1.86. The quantitative estimate of drug-likeness (QED) is 0.469. The lowest BCUT2D eigenvalue weighted by molar-refractivity contribution is -0.137. The van der Waals surface area contributed by atoms with Crippen molar-refractivity contribution in [2.45, 2.75) is 6.92 Å². The molecule has 0 atom stereocenters. The van der Waals surface area contributed by atoms with Gasteiger partial charge in [0.15, 0.2) is 0 Å². The summed E-state index contributed by atoms with van der Waals surface area (Å²) < 4.78 is 5.21. The molecule has 0 aliphatic heterocycles. The molecule has 0 amide bonds. The molecule has 4 nitrogen and oxygen atoms in total. The van der Waals surface area contributed by atoms with Crippen LogP contribution >= 0.6 is 15.9 Å². The van der Waals surface area contributed by atoms with Crippen molar-refractivity contribution in [3.63, 3.8) is 0 Å². The van der Waals surface area contributed by atoms with E-state index in [-0.39, 0.29) is 12.2 Å². The molecule has 0 aliphatic rings. The van der Waals surface area contributed by atoms with Gasteiger partial charge in [-0.3, -0.25) is 9.78 Å². The number of halogens is 1. The van der Waals surface area contributed by atoms with E-state index < -0.39 is 11.8 Å². The van der Waals surface area contributed by atoms with Gasteiger partial charge in [0, 0.05) is 22.4 Å². The maximum Gasteiger partial charge on any atom is 0.379 e. The molecule has 0 aromatic carbocycles. The van der Waals surface area contributed by atoms with Crippen molar-refractivity contribution >= 4 is 27.7 Å². The lowest BCUT2D eigenvalue weighted by atomic mass is 10.2. The van der Waals surface area contributed by atoms with Crippen LogP contribution in [0.4, 0.5) is 0 Å². The number of pyridine rings is 1. The van der Waals surface area contributed by atoms with E-state index in [1.165, 1.54) is 18.5 Å². The van der Waals surface area contributed by atoms with E-state index in [0.29, 0.717) is 4.47 Å². The predicted molar refractivity (Wildman–Crippen MR) is 52.9 cm³/mol. The molecule has 0 N–H and O–H groups in total. The van der Waals surface area contributed by atoms with E-state index in [2.05, 4.69) is 25.7 Å². The van der Waals surface area contributed by atoms with Crippen molar-refractivity contribution in [1.82, 2.24) is 4.98 Å². The molecule has 0 aliphatic carbocycles. The monoisotopic (exact) mass is 257 g/mol. The molecule has 0 spiro atoms. The van der Waals surface area contributed by atoms with Gasteiger partial charge in [0.2, 0.25) is 0 Å². The minimum absolute atomic E-state index is 0.187. The van der Waals surface area contributed by atoms with Gasteiger partial charge in [-0.2, -0.15) is 0 Å². The first kappa shape index (κ1) is 10.8. The Morgan fingerprint density at radius 3 is 2.79 bits per heavy atom. The highest BCUT2D eigenvalue weighted by Gasteiger charge is 2.17. The summed E-state index contributed by atoms with van der Waals surface area (Å²) in [5.74, 6) is -1.53. The Balaban J connectivity index is 2.84. The molecule has 0 saturated heterocycles. The maximum atomic E-state index is 11.4. The second-order valence-electron chi connectivity index (χ2n) is 2.44. The topological polar surface area (TPSA) is 56.3 Å². The van der Waals surface area contributed by atoms with Gasteiger partial charge in [0.05, 0.1) is 6.61 Å². The molecule has 5 heteroatoms. The van der Waals surface area contributed by atoms with Crippen LogP contribution in [0.25, 0.3) is 0 Å². The number of ketones is 1. The predicted octanol–water partition coefficient (Wildman–Crippen LogP) is 1.59. The third kappa shape index (κ3) is 2.63. The maximum absolute atomic E-state index is 11.4. The first-order valence-electron chi connectivity index (χ1n) is 3.97. The highest BCUT2D eigenvalue weighted by atomic mass is 79.9. The number of rotatable bonds is 3. The van der Waals surface area contributed by atoms with Crippen LogP contribution in [0.5, 0.6) is 0 Å². The van der Waals surface area contributed by atoms with Crippen molar-refractivity contribution in [3.05, 3.63) is 28.5 Å². The second kappa shape index (κ2) is 4.85. The normalized spacial score (nSPS) is 9.57. The molecule has 0 unspecified atom stereocenters. The van der Waals surface area contributed by atoms with Crippen LogP contribution in [0.3, 0.4) is 0 Å². The smallest absolute Gasteiger partial charge is 0.379 e. The Labute approximate surface area is 89.4 Å². The Morgan fingerprint density at radius 1 is 1.50 bits per heavy atom. The van der Waals surface area contributed by atoms with E-state index in [9.17, 15) is 9.59 Å². The van der Waals surface area contributed by atoms with E-state index in [0.717, 1.165) is 0 Å². The fraction of sp³-hybridized carbons (Fsp3) is 0.222. The summed E-state index contributed by atoms with van der Waals surface area (Å²) in [7, 11) is 0. The minimum atomic E-state index is -0.854. The van der Waals surface area contributed by atoms with Crippen LogP contribution in [-0.4, -0.2) is 23.3 Å². The van der Waals surface area contributed by atoms with E-state index >= 15 is 0 Å². The zero-order valence-corrected chi connectivity index (χ0v) is 9.08. The second-order valence-corrected chi connectivity index (χ2v) is 3.36. The number of ether oxygens (including phenoxy) is 1. The number of carbonyl (C=O) groups is 2. The summed E-state index contributed by atoms with van der Waals surface area (Å²) in [6.07, 6.45) is 2.85. The van der Waals surface area contributed by atoms with Gasteiger partial charge in [0.25, 0.3) is 5.78 Å². The molecule has 1 aromatic heterocycles. The van der Waals surface area contributed by atoms with E-state index in [4.69, 9.17) is 0 Å². The van der Waals surface area contributed by atoms with Crippen molar-refractivity contribution in [2.75, 3.05) is 6.61 Å². The third-order valence-electron chi connectivity index (χ3n) is 1.43. The lowest BCUT2D eigenvalue weighted by Crippen LogP contribution is -2.17. The summed E-state index contributed by atoms with van der Waals surface area (Å²) in [5.41, 5.74) is 0.220. The molecule has 74 valence electrons. The summed E-state index contributed by atoms with van der Waals surface area (Å²) in [4.78, 5) is 26.2. The fourth-order valence-electron chi connectivity index (χ4n) is 0.851. The van der Waals surface area contributed by atoms with Crippen LogP contribution in [0.15, 0.2) is 22.9 Å². The molecule has 14 heavy (non-hydrogen) atoms. The fourth-order valence-corrected chi connectivity index (χ4v) is 1.22. The van der Waals surface area contributed by atoms with Crippen molar-refractivity contribution < 1.29 is 14.3 Å². The number of Topliss-reactive ketones (excluding diaryl/α,β-unsaturated/α-hetero) is 1. The average Bonchev–Trinajstić information content (AvgIpc) is 2.17. The van der Waals surface area contributed by atoms with Crippen LogP contribution in [0.2, 0.25) is 0 Å². The van der Waals surface area contributed by atoms with Crippen LogP contribution in [0, 0.1) is 0 Å². The average molecular weight is 258 g/mol. The number of aromatic nitrogens is 1. The van der Waals surface area contributed by atoms with E-state index in [1.54, 1.807) is 6.92 Å². The Morgan fingerprint density at radius 2 is 2.21 bits per heavy atom. The zero-order valence-electron chi connectivity index (χ0n) is 7.49. The van der Waals surface area contributed by atoms with Gasteiger partial charge in [-0.25, -0.2) is 4.79 Å². The standard InChI is InChI=1S/C9H8BrNO3/c1-2-14-9(13)8(12)6-3-7(10)5-11-4-6/h3-5H,2H2,1H3. The SMILES string of the molecule is CCOC(=O)C(=O)c1cncc(Br)c1. The molecule has 1 rings (SSSR count). The molecule has 0 saturated carbocycles. The largest absolute Gasteiger partial charge is 0.460 e. The number of hydrogen-bond donors (Lipinski definition) is 0. The molecule has 1 heterocycles. The first-order valence-corrected chi connectivity index (χ1v) is 4.76. The van der Waals surface area contributed by atoms with Crippen LogP contribution in [0.1, 0.15) is 17.3 Å². The van der Waals surface area contributed by atoms with Gasteiger partial charge >= 0.3 is 5.97 Å². The zero-order chi connectivity index (χ0) is 10.6. The van der Waals surface area contributed by atoms with Crippen LogP contribution in [-0.2, 0) is 9.53 Å². The van der Waals surface area contributed by atoms with Gasteiger partial charge in [-0.05, 0) is 28.9 Å². The molecular weight excluding hydrogens is 250 g/mol. The summed E-state index contributed by atoms with van der Waals surface area (Å²) in [6.45, 7) is 1.83. The van der Waals surface area contributed by atoms with Gasteiger partial charge in [0.1, 0.15) is 0 Å². The molecule has 1 aromatic rings. The summed E-state index contributed by atoms with van der Waals surface area (Å²) in [6, 6.07) is 1.52. The Bertz CT molecular complexity index is 365. The summed E-state index contributed by atoms with van der Waals surface area (Å²) >= 11 is 3.15. The van der Waals surface area contributed by atoms with E-state index in [1.807, 2.05) is 0 Å². The molecule has 0 fully saturated rings. The van der Waals surface area contributed by atoms with Crippen molar-refractivity contribution in [2.24, 2.45) is 0 Å². The van der Waals surface area contributed by atoms with Gasteiger partial charge in [-0.1, -0.05) is 0 Å². The Hall–Kier alpha value is -1.23. The highest BCUT2D eigenvalue weighted by Crippen LogP contribution is 2.10. The van der Waals surface area contributed by atoms with Crippen molar-refractivity contribution in [3.8, 4) is 0 Å². The molecular formula is C9H8BrNO3.